The van der Waals surface area contributed by atoms with Gasteiger partial charge in [0.15, 0.2) is 0 Å². The van der Waals surface area contributed by atoms with Gasteiger partial charge in [-0.3, -0.25) is 23.7 Å². The number of carbonyl (C=O) groups excluding carboxylic acids is 1. The highest BCUT2D eigenvalue weighted by atomic mass is 79.9. The maximum atomic E-state index is 14.1. The number of aliphatic hydroxyl groups is 1. The maximum absolute atomic E-state index is 14.1. The summed E-state index contributed by atoms with van der Waals surface area (Å²) < 4.78 is 38.4. The first-order chi connectivity index (χ1) is 19.2. The number of nitrogens with one attached hydrogen (secondary N) is 2. The van der Waals surface area contributed by atoms with Gasteiger partial charge in [0.2, 0.25) is 0 Å². The molecule has 4 rings (SSSR count). The Morgan fingerprint density at radius 3 is 2.59 bits per heavy atom. The van der Waals surface area contributed by atoms with Gasteiger partial charge >= 0.3 is 19.4 Å². The fourth-order valence-corrected chi connectivity index (χ4v) is 6.36. The highest BCUT2D eigenvalue weighted by molar-refractivity contribution is 9.10. The summed E-state index contributed by atoms with van der Waals surface area (Å²) in [6.07, 6.45) is -2.36. The number of fused-ring (bicyclic) bond motifs is 1. The molecule has 222 valence electrons. The number of hydrogen-bond acceptors (Lipinski definition) is 9. The van der Waals surface area contributed by atoms with Crippen LogP contribution in [0.25, 0.3) is 10.8 Å². The van der Waals surface area contributed by atoms with Crippen LogP contribution in [0.5, 0.6) is 5.75 Å². The van der Waals surface area contributed by atoms with E-state index in [0.717, 1.165) is 9.95 Å². The number of aliphatic hydroxyl groups excluding tert-OH is 1. The summed E-state index contributed by atoms with van der Waals surface area (Å²) >= 11 is 3.10. The van der Waals surface area contributed by atoms with Gasteiger partial charge in [-0.25, -0.2) is 9.36 Å². The SMILES string of the molecule is CC(C)OC(=O)[C@@H](C)NP(=O)(OC[C@H]1O[C@@H](n2cc(Br)c(=O)[nH]c2=O)C(C)(C)[C@@H]1O)Oc1cccc2ccccc12. The second kappa shape index (κ2) is 12.2. The number of H-pyrrole nitrogens is 1. The summed E-state index contributed by atoms with van der Waals surface area (Å²) in [4.78, 5) is 39.1. The third kappa shape index (κ3) is 6.82. The average molecular weight is 654 g/mol. The molecule has 0 saturated carbocycles. The quantitative estimate of drug-likeness (QED) is 0.217. The molecule has 2 heterocycles. The van der Waals surface area contributed by atoms with Gasteiger partial charge in [0.1, 0.15) is 24.1 Å². The van der Waals surface area contributed by atoms with Crippen molar-refractivity contribution < 1.29 is 33.0 Å². The van der Waals surface area contributed by atoms with Crippen LogP contribution in [0, 0.1) is 5.41 Å². The third-order valence-corrected chi connectivity index (χ3v) is 8.86. The average Bonchev–Trinajstić information content (AvgIpc) is 3.13. The number of rotatable bonds is 10. The summed E-state index contributed by atoms with van der Waals surface area (Å²) in [5.74, 6) is -0.411. The standard InChI is InChI=1S/C27H33BrN3O9P/c1-15(2)38-24(34)16(3)30-41(36,40-20-12-8-10-17-9-6-7-11-18(17)20)37-14-21-22(32)27(4,5)25(39-21)31-13-19(28)23(33)29-26(31)35/h6-13,15-16,21-22,25,32H,14H2,1-5H3,(H,30,36)(H,29,33,35)/t16-,21-,22-,25-,41?/m1/s1. The Balaban J connectivity index is 1.61. The van der Waals surface area contributed by atoms with Gasteiger partial charge in [-0.1, -0.05) is 50.2 Å². The molecule has 12 nitrogen and oxygen atoms in total. The Labute approximate surface area is 244 Å². The Morgan fingerprint density at radius 1 is 1.20 bits per heavy atom. The largest absolute Gasteiger partial charge is 0.462 e. The van der Waals surface area contributed by atoms with Crippen LogP contribution in [0.1, 0.15) is 40.8 Å². The predicted octanol–water partition coefficient (Wildman–Crippen LogP) is 3.87. The molecule has 1 aromatic heterocycles. The molecule has 14 heteroatoms. The summed E-state index contributed by atoms with van der Waals surface area (Å²) in [5, 5.41) is 15.3. The molecule has 1 saturated heterocycles. The van der Waals surface area contributed by atoms with E-state index in [1.165, 1.54) is 13.1 Å². The number of carbonyl (C=O) groups is 1. The lowest BCUT2D eigenvalue weighted by atomic mass is 9.84. The van der Waals surface area contributed by atoms with Gasteiger partial charge in [0.25, 0.3) is 5.56 Å². The van der Waals surface area contributed by atoms with Crippen molar-refractivity contribution in [3.63, 3.8) is 0 Å². The van der Waals surface area contributed by atoms with E-state index in [9.17, 15) is 24.1 Å². The lowest BCUT2D eigenvalue weighted by Gasteiger charge is -2.29. The minimum Gasteiger partial charge on any atom is -0.462 e. The van der Waals surface area contributed by atoms with E-state index in [1.54, 1.807) is 52.0 Å². The van der Waals surface area contributed by atoms with Crippen molar-refractivity contribution >= 4 is 40.4 Å². The van der Waals surface area contributed by atoms with Crippen LogP contribution in [0.2, 0.25) is 0 Å². The van der Waals surface area contributed by atoms with E-state index in [4.69, 9.17) is 18.5 Å². The van der Waals surface area contributed by atoms with E-state index in [-0.39, 0.29) is 10.2 Å². The molecule has 0 radical (unpaired) electrons. The van der Waals surface area contributed by atoms with Crippen LogP contribution in [0.15, 0.2) is 62.7 Å². The molecule has 0 bridgehead atoms. The first-order valence-electron chi connectivity index (χ1n) is 13.0. The minimum atomic E-state index is -4.30. The van der Waals surface area contributed by atoms with Crippen molar-refractivity contribution in [1.82, 2.24) is 14.6 Å². The Kier molecular flexibility index (Phi) is 9.27. The lowest BCUT2D eigenvalue weighted by molar-refractivity contribution is -0.149. The third-order valence-electron chi connectivity index (χ3n) is 6.67. The first kappa shape index (κ1) is 31.1. The monoisotopic (exact) mass is 653 g/mol. The summed E-state index contributed by atoms with van der Waals surface area (Å²) in [5.41, 5.74) is -2.36. The van der Waals surface area contributed by atoms with Crippen molar-refractivity contribution in [2.45, 2.75) is 65.2 Å². The molecule has 2 aromatic carbocycles. The van der Waals surface area contributed by atoms with Gasteiger partial charge < -0.3 is 19.1 Å². The van der Waals surface area contributed by atoms with Crippen molar-refractivity contribution in [3.05, 3.63) is 74.0 Å². The van der Waals surface area contributed by atoms with Crippen molar-refractivity contribution in [2.24, 2.45) is 5.41 Å². The van der Waals surface area contributed by atoms with Crippen LogP contribution < -0.4 is 20.9 Å². The van der Waals surface area contributed by atoms with Gasteiger partial charge in [0, 0.05) is 17.0 Å². The number of esters is 1. The molecule has 5 atom stereocenters. The molecule has 1 aliphatic rings. The van der Waals surface area contributed by atoms with Gasteiger partial charge in [0.05, 0.1) is 23.3 Å². The topological polar surface area (TPSA) is 158 Å². The number of aromatic nitrogens is 2. The fraction of sp³-hybridized carbons (Fsp3) is 0.444. The molecule has 0 amide bonds. The Morgan fingerprint density at radius 2 is 1.88 bits per heavy atom. The molecule has 1 aliphatic heterocycles. The van der Waals surface area contributed by atoms with E-state index in [2.05, 4.69) is 26.0 Å². The van der Waals surface area contributed by atoms with Crippen LogP contribution >= 0.6 is 23.7 Å². The molecule has 1 unspecified atom stereocenters. The number of halogens is 1. The maximum Gasteiger partial charge on any atom is 0.459 e. The van der Waals surface area contributed by atoms with Crippen LogP contribution in [-0.2, 0) is 23.4 Å². The smallest absolute Gasteiger partial charge is 0.459 e. The summed E-state index contributed by atoms with van der Waals surface area (Å²) in [6, 6.07) is 11.5. The molecule has 3 aromatic rings. The normalized spacial score (nSPS) is 22.4. The first-order valence-corrected chi connectivity index (χ1v) is 15.3. The fourth-order valence-electron chi connectivity index (χ4n) is 4.52. The minimum absolute atomic E-state index is 0.102. The molecule has 3 N–H and O–H groups in total. The second-order valence-corrected chi connectivity index (χ2v) is 13.2. The van der Waals surface area contributed by atoms with Crippen molar-refractivity contribution in [1.29, 1.82) is 0 Å². The van der Waals surface area contributed by atoms with Gasteiger partial charge in [-0.15, -0.1) is 0 Å². The van der Waals surface area contributed by atoms with Crippen LogP contribution in [0.4, 0.5) is 0 Å². The summed E-state index contributed by atoms with van der Waals surface area (Å²) in [6.45, 7) is 7.78. The number of aromatic amines is 1. The van der Waals surface area contributed by atoms with Crippen molar-refractivity contribution in [3.8, 4) is 5.75 Å². The van der Waals surface area contributed by atoms with Crippen LogP contribution in [0.3, 0.4) is 0 Å². The number of hydrogen-bond donors (Lipinski definition) is 3. The zero-order valence-electron chi connectivity index (χ0n) is 23.2. The predicted molar refractivity (Wildman–Crippen MR) is 155 cm³/mol. The highest BCUT2D eigenvalue weighted by Gasteiger charge is 2.52. The van der Waals surface area contributed by atoms with E-state index >= 15 is 0 Å². The molecule has 0 spiro atoms. The van der Waals surface area contributed by atoms with E-state index < -0.39 is 67.6 Å². The molecular weight excluding hydrogens is 621 g/mol. The summed E-state index contributed by atoms with van der Waals surface area (Å²) in [7, 11) is -4.30. The Hall–Kier alpha value is -2.80. The number of benzene rings is 2. The number of ether oxygens (including phenoxy) is 2. The van der Waals surface area contributed by atoms with E-state index in [0.29, 0.717) is 5.39 Å². The van der Waals surface area contributed by atoms with Gasteiger partial charge in [-0.2, -0.15) is 5.09 Å². The molecular formula is C27H33BrN3O9P. The molecule has 1 fully saturated rings. The number of nitrogens with zero attached hydrogens (tertiary/aromatic N) is 1. The van der Waals surface area contributed by atoms with Crippen LogP contribution in [-0.4, -0.2) is 51.6 Å². The molecule has 0 aliphatic carbocycles. The zero-order chi connectivity index (χ0) is 30.1. The van der Waals surface area contributed by atoms with E-state index in [1.807, 2.05) is 18.2 Å². The Bertz CT molecular complexity index is 1580. The lowest BCUT2D eigenvalue weighted by Crippen LogP contribution is -2.40. The molecule has 41 heavy (non-hydrogen) atoms. The highest BCUT2D eigenvalue weighted by Crippen LogP contribution is 2.49. The second-order valence-electron chi connectivity index (χ2n) is 10.6. The van der Waals surface area contributed by atoms with Crippen molar-refractivity contribution in [2.75, 3.05) is 6.61 Å². The van der Waals surface area contributed by atoms with Gasteiger partial charge in [-0.05, 0) is 48.2 Å². The zero-order valence-corrected chi connectivity index (χ0v) is 25.7.